The first-order valence-electron chi connectivity index (χ1n) is 8.26. The molecule has 7 heteroatoms. The van der Waals surface area contributed by atoms with Crippen LogP contribution >= 0.6 is 27.7 Å². The van der Waals surface area contributed by atoms with Crippen LogP contribution in [0.4, 0.5) is 5.69 Å². The van der Waals surface area contributed by atoms with E-state index in [0.29, 0.717) is 10.9 Å². The molecule has 1 amide bonds. The molecule has 0 aliphatic heterocycles. The van der Waals surface area contributed by atoms with E-state index in [0.717, 1.165) is 27.0 Å². The number of benzene rings is 2. The minimum absolute atomic E-state index is 0.116. The topological polar surface area (TPSA) is 64.1 Å². The zero-order valence-corrected chi connectivity index (χ0v) is 17.3. The number of aryl methyl sites for hydroxylation is 2. The Morgan fingerprint density at radius 2 is 1.89 bits per heavy atom. The van der Waals surface area contributed by atoms with E-state index >= 15 is 0 Å². The zero-order chi connectivity index (χ0) is 19.2. The molecule has 0 atom stereocenters. The summed E-state index contributed by atoms with van der Waals surface area (Å²) < 4.78 is 6.90. The molecule has 1 aromatic heterocycles. The Balaban J connectivity index is 1.65. The fraction of sp³-hybridized carbons (Fsp3) is 0.150. The second kappa shape index (κ2) is 9.01. The molecule has 5 nitrogen and oxygen atoms in total. The second-order valence-corrected chi connectivity index (χ2v) is 7.65. The number of aromatic nitrogens is 2. The van der Waals surface area contributed by atoms with Crippen molar-refractivity contribution in [2.45, 2.75) is 18.9 Å². The van der Waals surface area contributed by atoms with Crippen molar-refractivity contribution in [2.75, 3.05) is 11.1 Å². The van der Waals surface area contributed by atoms with E-state index in [1.54, 1.807) is 12.4 Å². The molecular formula is C20H18BrN3O2S. The maximum Gasteiger partial charge on any atom is 0.252 e. The molecule has 0 saturated heterocycles. The van der Waals surface area contributed by atoms with E-state index in [9.17, 15) is 4.79 Å². The number of hydrogen-bond acceptors (Lipinski definition) is 5. The lowest BCUT2D eigenvalue weighted by molar-refractivity contribution is -0.113. The summed E-state index contributed by atoms with van der Waals surface area (Å²) >= 11 is 4.74. The van der Waals surface area contributed by atoms with Crippen molar-refractivity contribution >= 4 is 39.3 Å². The van der Waals surface area contributed by atoms with Gasteiger partial charge in [-0.25, -0.2) is 9.97 Å². The van der Waals surface area contributed by atoms with Gasteiger partial charge < -0.3 is 10.1 Å². The van der Waals surface area contributed by atoms with Crippen LogP contribution in [0.3, 0.4) is 0 Å². The summed E-state index contributed by atoms with van der Waals surface area (Å²) in [5.41, 5.74) is 2.82. The van der Waals surface area contributed by atoms with Gasteiger partial charge >= 0.3 is 0 Å². The minimum atomic E-state index is -0.116. The number of thioether (sulfide) groups is 1. The number of amides is 1. The highest BCUT2D eigenvalue weighted by atomic mass is 79.9. The fourth-order valence-electron chi connectivity index (χ4n) is 2.31. The van der Waals surface area contributed by atoms with Crippen LogP contribution in [0, 0.1) is 13.8 Å². The van der Waals surface area contributed by atoms with Crippen LogP contribution in [0.25, 0.3) is 0 Å². The molecule has 27 heavy (non-hydrogen) atoms. The number of rotatable bonds is 6. The standard InChI is InChI=1S/C20H18BrN3O2S/c1-13-5-3-4-6-17(13)26-19-20(23-10-9-22-19)27-12-18(25)24-15-7-8-16(21)14(2)11-15/h3-11H,12H2,1-2H3,(H,24,25). The summed E-state index contributed by atoms with van der Waals surface area (Å²) in [4.78, 5) is 20.8. The third-order valence-corrected chi connectivity index (χ3v) is 5.56. The summed E-state index contributed by atoms with van der Waals surface area (Å²) in [5, 5.41) is 3.46. The quantitative estimate of drug-likeness (QED) is 0.518. The van der Waals surface area contributed by atoms with Crippen molar-refractivity contribution < 1.29 is 9.53 Å². The van der Waals surface area contributed by atoms with E-state index < -0.39 is 0 Å². The number of carbonyl (C=O) groups excluding carboxylic acids is 1. The smallest absolute Gasteiger partial charge is 0.252 e. The predicted octanol–water partition coefficient (Wildman–Crippen LogP) is 5.38. The van der Waals surface area contributed by atoms with Crippen molar-refractivity contribution in [3.05, 3.63) is 70.5 Å². The fourth-order valence-corrected chi connectivity index (χ4v) is 3.25. The summed E-state index contributed by atoms with van der Waals surface area (Å²) in [7, 11) is 0. The summed E-state index contributed by atoms with van der Waals surface area (Å²) in [6.45, 7) is 3.94. The van der Waals surface area contributed by atoms with E-state index in [2.05, 4.69) is 31.2 Å². The van der Waals surface area contributed by atoms with Gasteiger partial charge in [0, 0.05) is 22.6 Å². The number of ether oxygens (including phenoxy) is 1. The van der Waals surface area contributed by atoms with Crippen molar-refractivity contribution in [1.82, 2.24) is 9.97 Å². The van der Waals surface area contributed by atoms with Gasteiger partial charge in [-0.2, -0.15) is 0 Å². The van der Waals surface area contributed by atoms with Gasteiger partial charge in [-0.05, 0) is 49.2 Å². The number of halogens is 1. The van der Waals surface area contributed by atoms with Gasteiger partial charge in [-0.1, -0.05) is 45.9 Å². The number of carbonyl (C=O) groups is 1. The average Bonchev–Trinajstić information content (AvgIpc) is 2.66. The number of hydrogen-bond donors (Lipinski definition) is 1. The number of anilines is 1. The summed E-state index contributed by atoms with van der Waals surface area (Å²) in [5.74, 6) is 1.20. The molecule has 0 bridgehead atoms. The molecule has 1 N–H and O–H groups in total. The lowest BCUT2D eigenvalue weighted by Crippen LogP contribution is -2.14. The highest BCUT2D eigenvalue weighted by Gasteiger charge is 2.12. The molecule has 0 unspecified atom stereocenters. The van der Waals surface area contributed by atoms with Gasteiger partial charge in [0.25, 0.3) is 5.88 Å². The molecule has 0 saturated carbocycles. The number of nitrogens with zero attached hydrogens (tertiary/aromatic N) is 2. The molecule has 2 aromatic carbocycles. The van der Waals surface area contributed by atoms with E-state index in [1.165, 1.54) is 11.8 Å². The Labute approximate surface area is 170 Å². The highest BCUT2D eigenvalue weighted by Crippen LogP contribution is 2.30. The average molecular weight is 444 g/mol. The lowest BCUT2D eigenvalue weighted by atomic mass is 10.2. The Kier molecular flexibility index (Phi) is 6.47. The number of para-hydroxylation sites is 1. The van der Waals surface area contributed by atoms with Crippen molar-refractivity contribution in [2.24, 2.45) is 0 Å². The summed E-state index contributed by atoms with van der Waals surface area (Å²) in [6, 6.07) is 13.4. The van der Waals surface area contributed by atoms with Crippen LogP contribution in [0.5, 0.6) is 11.6 Å². The predicted molar refractivity (Wildman–Crippen MR) is 112 cm³/mol. The van der Waals surface area contributed by atoms with Crippen LogP contribution in [-0.4, -0.2) is 21.6 Å². The van der Waals surface area contributed by atoms with Crippen LogP contribution in [-0.2, 0) is 4.79 Å². The van der Waals surface area contributed by atoms with Gasteiger partial charge in [0.2, 0.25) is 5.91 Å². The Morgan fingerprint density at radius 3 is 2.67 bits per heavy atom. The van der Waals surface area contributed by atoms with Gasteiger partial charge in [0.15, 0.2) is 5.03 Å². The zero-order valence-electron chi connectivity index (χ0n) is 14.9. The summed E-state index contributed by atoms with van der Waals surface area (Å²) in [6.07, 6.45) is 3.16. The van der Waals surface area contributed by atoms with Crippen molar-refractivity contribution in [3.8, 4) is 11.6 Å². The van der Waals surface area contributed by atoms with E-state index in [4.69, 9.17) is 4.74 Å². The molecule has 0 radical (unpaired) electrons. The molecule has 0 aliphatic carbocycles. The third-order valence-electron chi connectivity index (χ3n) is 3.72. The van der Waals surface area contributed by atoms with Gasteiger partial charge in [0.1, 0.15) is 5.75 Å². The van der Waals surface area contributed by atoms with Crippen LogP contribution in [0.2, 0.25) is 0 Å². The monoisotopic (exact) mass is 443 g/mol. The molecule has 0 spiro atoms. The van der Waals surface area contributed by atoms with Crippen LogP contribution < -0.4 is 10.1 Å². The first kappa shape index (κ1) is 19.4. The molecule has 138 valence electrons. The molecule has 3 rings (SSSR count). The van der Waals surface area contributed by atoms with E-state index in [1.807, 2.05) is 56.3 Å². The van der Waals surface area contributed by atoms with Crippen LogP contribution in [0.1, 0.15) is 11.1 Å². The maximum absolute atomic E-state index is 12.3. The third kappa shape index (κ3) is 5.30. The second-order valence-electron chi connectivity index (χ2n) is 5.84. The van der Waals surface area contributed by atoms with Gasteiger partial charge in [-0.3, -0.25) is 4.79 Å². The first-order valence-corrected chi connectivity index (χ1v) is 10.0. The first-order chi connectivity index (χ1) is 13.0. The van der Waals surface area contributed by atoms with Gasteiger partial charge in [0.05, 0.1) is 5.75 Å². The minimum Gasteiger partial charge on any atom is -0.436 e. The SMILES string of the molecule is Cc1cc(NC(=O)CSc2nccnc2Oc2ccccc2C)ccc1Br. The van der Waals surface area contributed by atoms with Gasteiger partial charge in [-0.15, -0.1) is 0 Å². The maximum atomic E-state index is 12.3. The Morgan fingerprint density at radius 1 is 1.11 bits per heavy atom. The molecule has 1 heterocycles. The molecule has 3 aromatic rings. The van der Waals surface area contributed by atoms with Crippen LogP contribution in [0.15, 0.2) is 64.4 Å². The lowest BCUT2D eigenvalue weighted by Gasteiger charge is -2.10. The Bertz CT molecular complexity index is 965. The molecule has 0 aliphatic rings. The molecule has 0 fully saturated rings. The number of nitrogens with one attached hydrogen (secondary N) is 1. The van der Waals surface area contributed by atoms with Crippen molar-refractivity contribution in [1.29, 1.82) is 0 Å². The normalized spacial score (nSPS) is 10.5. The molecular weight excluding hydrogens is 426 g/mol. The van der Waals surface area contributed by atoms with E-state index in [-0.39, 0.29) is 11.7 Å². The Hall–Kier alpha value is -2.38. The largest absolute Gasteiger partial charge is 0.436 e. The highest BCUT2D eigenvalue weighted by molar-refractivity contribution is 9.10. The van der Waals surface area contributed by atoms with Crippen molar-refractivity contribution in [3.63, 3.8) is 0 Å².